The van der Waals surface area contributed by atoms with Crippen molar-refractivity contribution in [3.05, 3.63) is 81.8 Å². The molecule has 0 aliphatic carbocycles. The first kappa shape index (κ1) is 24.1. The molecule has 0 aromatic heterocycles. The van der Waals surface area contributed by atoms with Gasteiger partial charge in [0.05, 0.1) is 24.3 Å². The number of methoxy groups -OCH3 is 1. The quantitative estimate of drug-likeness (QED) is 0.317. The van der Waals surface area contributed by atoms with E-state index in [2.05, 4.69) is 31.8 Å². The molecule has 4 rings (SSSR count). The van der Waals surface area contributed by atoms with Crippen LogP contribution in [-0.4, -0.2) is 38.5 Å². The topological polar surface area (TPSA) is 107 Å². The number of benzene rings is 3. The van der Waals surface area contributed by atoms with Gasteiger partial charge in [0.25, 0.3) is 11.8 Å². The van der Waals surface area contributed by atoms with E-state index in [4.69, 9.17) is 18.9 Å². The second-order valence-electron chi connectivity index (χ2n) is 7.35. The number of hydrogen-bond donors (Lipinski definition) is 2. The lowest BCUT2D eigenvalue weighted by Gasteiger charge is -2.13. The number of hydrazone groups is 1. The zero-order valence-electron chi connectivity index (χ0n) is 18.7. The summed E-state index contributed by atoms with van der Waals surface area (Å²) in [7, 11) is 1.54. The van der Waals surface area contributed by atoms with Crippen LogP contribution in [0, 0.1) is 0 Å². The molecule has 0 saturated carbocycles. The molecule has 0 saturated heterocycles. The highest BCUT2D eigenvalue weighted by Gasteiger charge is 2.16. The summed E-state index contributed by atoms with van der Waals surface area (Å²) in [6.45, 7) is 0.258. The molecular weight excluding hydrogens is 518 g/mol. The summed E-state index contributed by atoms with van der Waals surface area (Å²) in [5.74, 6) is 1.24. The average Bonchev–Trinajstić information content (AvgIpc) is 3.35. The van der Waals surface area contributed by atoms with Gasteiger partial charge in [-0.2, -0.15) is 5.10 Å². The van der Waals surface area contributed by atoms with Gasteiger partial charge in [0.2, 0.25) is 6.79 Å². The van der Waals surface area contributed by atoms with E-state index in [0.717, 1.165) is 5.56 Å². The maximum Gasteiger partial charge on any atom is 0.259 e. The Balaban J connectivity index is 1.29. The molecule has 1 aliphatic rings. The Hall–Kier alpha value is -4.05. The molecule has 0 fully saturated rings. The molecule has 3 aromatic rings. The van der Waals surface area contributed by atoms with Gasteiger partial charge in [0.15, 0.2) is 23.0 Å². The summed E-state index contributed by atoms with van der Waals surface area (Å²) >= 11 is 3.50. The molecule has 2 amide bonds. The minimum absolute atomic E-state index is 0.118. The van der Waals surface area contributed by atoms with Crippen molar-refractivity contribution in [2.45, 2.75) is 6.61 Å². The van der Waals surface area contributed by atoms with Crippen molar-refractivity contribution in [1.82, 2.24) is 10.7 Å². The van der Waals surface area contributed by atoms with Crippen LogP contribution >= 0.6 is 15.9 Å². The lowest BCUT2D eigenvalue weighted by molar-refractivity contribution is -0.120. The number of carbonyl (C=O) groups is 2. The van der Waals surface area contributed by atoms with E-state index >= 15 is 0 Å². The van der Waals surface area contributed by atoms with E-state index < -0.39 is 11.8 Å². The number of nitrogens with zero attached hydrogens (tertiary/aromatic N) is 1. The lowest BCUT2D eigenvalue weighted by atomic mass is 10.2. The van der Waals surface area contributed by atoms with E-state index in [1.807, 2.05) is 30.3 Å². The maximum atomic E-state index is 12.3. The highest BCUT2D eigenvalue weighted by molar-refractivity contribution is 9.10. The Kier molecular flexibility index (Phi) is 7.84. The number of ether oxygens (including phenoxy) is 4. The number of rotatable bonds is 9. The van der Waals surface area contributed by atoms with Crippen LogP contribution < -0.4 is 29.7 Å². The Labute approximate surface area is 210 Å². The van der Waals surface area contributed by atoms with E-state index in [1.54, 1.807) is 37.4 Å². The van der Waals surface area contributed by atoms with E-state index in [1.165, 1.54) is 6.21 Å². The number of carbonyl (C=O) groups excluding carboxylic acids is 2. The molecule has 2 N–H and O–H groups in total. The smallest absolute Gasteiger partial charge is 0.259 e. The van der Waals surface area contributed by atoms with Crippen molar-refractivity contribution in [2.24, 2.45) is 5.10 Å². The van der Waals surface area contributed by atoms with Gasteiger partial charge in [-0.25, -0.2) is 5.43 Å². The van der Waals surface area contributed by atoms with Crippen molar-refractivity contribution in [3.63, 3.8) is 0 Å². The number of nitrogens with one attached hydrogen (secondary N) is 2. The van der Waals surface area contributed by atoms with Gasteiger partial charge < -0.3 is 24.3 Å². The van der Waals surface area contributed by atoms with Crippen molar-refractivity contribution in [2.75, 3.05) is 20.4 Å². The summed E-state index contributed by atoms with van der Waals surface area (Å²) < 4.78 is 22.5. The predicted octanol–water partition coefficient (Wildman–Crippen LogP) is 3.65. The molecule has 0 atom stereocenters. The third-order valence-electron chi connectivity index (χ3n) is 4.92. The third-order valence-corrected chi connectivity index (χ3v) is 5.51. The fourth-order valence-corrected chi connectivity index (χ4v) is 3.78. The van der Waals surface area contributed by atoms with Crippen LogP contribution in [0.4, 0.5) is 0 Å². The van der Waals surface area contributed by atoms with Gasteiger partial charge in [-0.15, -0.1) is 0 Å². The van der Waals surface area contributed by atoms with Crippen LogP contribution in [0.3, 0.4) is 0 Å². The Morgan fingerprint density at radius 1 is 1.09 bits per heavy atom. The molecule has 3 aromatic carbocycles. The molecule has 0 bridgehead atoms. The number of fused-ring (bicyclic) bond motifs is 1. The number of halogens is 1. The van der Waals surface area contributed by atoms with Crippen LogP contribution in [0.5, 0.6) is 23.0 Å². The van der Waals surface area contributed by atoms with Crippen LogP contribution in [0.15, 0.2) is 70.2 Å². The van der Waals surface area contributed by atoms with Gasteiger partial charge >= 0.3 is 0 Å². The molecule has 1 aliphatic heterocycles. The first-order valence-corrected chi connectivity index (χ1v) is 11.4. The molecule has 0 spiro atoms. The highest BCUT2D eigenvalue weighted by atomic mass is 79.9. The molecule has 10 heteroatoms. The molecule has 0 radical (unpaired) electrons. The largest absolute Gasteiger partial charge is 0.493 e. The van der Waals surface area contributed by atoms with E-state index in [0.29, 0.717) is 45.2 Å². The highest BCUT2D eigenvalue weighted by Crippen LogP contribution is 2.37. The fraction of sp³-hybridized carbons (Fsp3) is 0.160. The van der Waals surface area contributed by atoms with Gasteiger partial charge in [-0.3, -0.25) is 9.59 Å². The van der Waals surface area contributed by atoms with Crippen LogP contribution in [0.1, 0.15) is 21.5 Å². The first-order valence-electron chi connectivity index (χ1n) is 10.6. The Morgan fingerprint density at radius 3 is 2.69 bits per heavy atom. The summed E-state index contributed by atoms with van der Waals surface area (Å²) in [6, 6.07) is 18.1. The minimum Gasteiger partial charge on any atom is -0.493 e. The summed E-state index contributed by atoms with van der Waals surface area (Å²) in [5.41, 5.74) is 4.44. The standard InChI is InChI=1S/C25H22BrN3O6/c1-32-22-10-17(9-19(26)24(22)33-14-16-5-3-2-4-6-16)12-28-29-23(30)13-27-25(31)18-7-8-20-21(11-18)35-15-34-20/h2-12H,13-15H2,1H3,(H,27,31)(H,29,30)/b28-12+. The summed E-state index contributed by atoms with van der Waals surface area (Å²) in [5, 5.41) is 6.49. The van der Waals surface area contributed by atoms with Gasteiger partial charge in [0, 0.05) is 5.56 Å². The number of amides is 2. The van der Waals surface area contributed by atoms with Crippen LogP contribution in [0.25, 0.3) is 0 Å². The lowest BCUT2D eigenvalue weighted by Crippen LogP contribution is -2.34. The van der Waals surface area contributed by atoms with Gasteiger partial charge in [-0.05, 0) is 57.4 Å². The maximum absolute atomic E-state index is 12.3. The van der Waals surface area contributed by atoms with Gasteiger partial charge in [-0.1, -0.05) is 30.3 Å². The van der Waals surface area contributed by atoms with Crippen molar-refractivity contribution in [1.29, 1.82) is 0 Å². The SMILES string of the molecule is COc1cc(/C=N/NC(=O)CNC(=O)c2ccc3c(c2)OCO3)cc(Br)c1OCc1ccccc1. The summed E-state index contributed by atoms with van der Waals surface area (Å²) in [4.78, 5) is 24.4. The van der Waals surface area contributed by atoms with Crippen molar-refractivity contribution in [3.8, 4) is 23.0 Å². The fourth-order valence-electron chi connectivity index (χ4n) is 3.20. The normalized spacial score (nSPS) is 11.8. The molecule has 9 nitrogen and oxygen atoms in total. The predicted molar refractivity (Wildman–Crippen MR) is 132 cm³/mol. The van der Waals surface area contributed by atoms with Crippen LogP contribution in [0.2, 0.25) is 0 Å². The van der Waals surface area contributed by atoms with Crippen molar-refractivity contribution < 1.29 is 28.5 Å². The first-order chi connectivity index (χ1) is 17.0. The van der Waals surface area contributed by atoms with Gasteiger partial charge in [0.1, 0.15) is 6.61 Å². The monoisotopic (exact) mass is 539 g/mol. The summed E-state index contributed by atoms with van der Waals surface area (Å²) in [6.07, 6.45) is 1.46. The van der Waals surface area contributed by atoms with Crippen molar-refractivity contribution >= 4 is 34.0 Å². The Bertz CT molecular complexity index is 1250. The third kappa shape index (κ3) is 6.30. The van der Waals surface area contributed by atoms with E-state index in [9.17, 15) is 9.59 Å². The van der Waals surface area contributed by atoms with Crippen LogP contribution in [-0.2, 0) is 11.4 Å². The molecule has 180 valence electrons. The molecule has 1 heterocycles. The zero-order valence-corrected chi connectivity index (χ0v) is 20.3. The Morgan fingerprint density at radius 2 is 1.89 bits per heavy atom. The average molecular weight is 540 g/mol. The second kappa shape index (κ2) is 11.4. The molecule has 35 heavy (non-hydrogen) atoms. The van der Waals surface area contributed by atoms with E-state index in [-0.39, 0.29) is 13.3 Å². The minimum atomic E-state index is -0.482. The molecule has 0 unspecified atom stereocenters. The second-order valence-corrected chi connectivity index (χ2v) is 8.21. The number of hydrogen-bond acceptors (Lipinski definition) is 7. The molecular formula is C25H22BrN3O6. The zero-order chi connectivity index (χ0) is 24.6.